The lowest BCUT2D eigenvalue weighted by atomic mass is 10.0. The average Bonchev–Trinajstić information content (AvgIpc) is 3.28. The number of carbonyl (C=O) groups is 2. The first-order valence-corrected chi connectivity index (χ1v) is 28.1. The van der Waals surface area contributed by atoms with Gasteiger partial charge in [0.15, 0.2) is 0 Å². The molecule has 0 aromatic carbocycles. The number of ether oxygens (including phenoxy) is 1. The smallest absolute Gasteiger partial charge is 0.305 e. The first-order valence-electron chi connectivity index (χ1n) is 28.1. The summed E-state index contributed by atoms with van der Waals surface area (Å²) >= 11 is 0. The first kappa shape index (κ1) is 61.3. The molecule has 0 fully saturated rings. The summed E-state index contributed by atoms with van der Waals surface area (Å²) in [6, 6.07) is -0.552. The van der Waals surface area contributed by atoms with Crippen LogP contribution in [0.5, 0.6) is 0 Å². The van der Waals surface area contributed by atoms with E-state index in [9.17, 15) is 19.8 Å². The summed E-state index contributed by atoms with van der Waals surface area (Å²) in [5.74, 6) is -0.0627. The standard InChI is InChI=1S/C57H109NO5/c1-3-5-7-9-11-13-15-17-18-23-27-31-35-39-43-47-51-57(62)63-52-48-44-40-36-32-28-24-21-19-20-22-26-30-34-38-42-46-50-56(61)58-54(53-59)55(60)49-45-41-37-33-29-25-16-14-12-10-8-6-4-2/h19,21,28,32,54-55,59-60H,3-18,20,22-27,29-31,33-53H2,1-2H3,(H,58,61)/b21-19-,32-28-. The molecule has 0 aliphatic rings. The molecule has 0 aliphatic carbocycles. The van der Waals surface area contributed by atoms with Gasteiger partial charge in [0, 0.05) is 12.8 Å². The highest BCUT2D eigenvalue weighted by molar-refractivity contribution is 5.76. The molecule has 0 rings (SSSR count). The summed E-state index contributed by atoms with van der Waals surface area (Å²) in [7, 11) is 0. The third-order valence-electron chi connectivity index (χ3n) is 13.0. The highest BCUT2D eigenvalue weighted by atomic mass is 16.5. The van der Waals surface area contributed by atoms with Crippen LogP contribution < -0.4 is 5.32 Å². The summed E-state index contributed by atoms with van der Waals surface area (Å²) < 4.78 is 5.46. The fraction of sp³-hybridized carbons (Fsp3) is 0.895. The molecular formula is C57H109NO5. The van der Waals surface area contributed by atoms with E-state index in [1.54, 1.807) is 0 Å². The van der Waals surface area contributed by atoms with Crippen LogP contribution >= 0.6 is 0 Å². The number of rotatable bonds is 52. The molecule has 6 heteroatoms. The monoisotopic (exact) mass is 888 g/mol. The van der Waals surface area contributed by atoms with Gasteiger partial charge < -0.3 is 20.3 Å². The van der Waals surface area contributed by atoms with Crippen LogP contribution in [0, 0.1) is 0 Å². The van der Waals surface area contributed by atoms with Gasteiger partial charge in [0.05, 0.1) is 25.4 Å². The molecule has 2 atom stereocenters. The van der Waals surface area contributed by atoms with Gasteiger partial charge in [0.2, 0.25) is 5.91 Å². The lowest BCUT2D eigenvalue weighted by molar-refractivity contribution is -0.143. The number of carbonyl (C=O) groups excluding carboxylic acids is 2. The Bertz CT molecular complexity index is 982. The van der Waals surface area contributed by atoms with Crippen LogP contribution in [0.15, 0.2) is 24.3 Å². The molecule has 0 aliphatic heterocycles. The van der Waals surface area contributed by atoms with Crippen molar-refractivity contribution in [2.75, 3.05) is 13.2 Å². The Hall–Kier alpha value is -1.66. The van der Waals surface area contributed by atoms with E-state index in [0.717, 1.165) is 83.5 Å². The molecule has 0 aromatic heterocycles. The Morgan fingerprint density at radius 2 is 0.794 bits per heavy atom. The molecular weight excluding hydrogens is 779 g/mol. The van der Waals surface area contributed by atoms with Gasteiger partial charge in [-0.2, -0.15) is 0 Å². The predicted molar refractivity (Wildman–Crippen MR) is 273 cm³/mol. The summed E-state index contributed by atoms with van der Waals surface area (Å²) in [5, 5.41) is 23.2. The normalized spacial score (nSPS) is 12.8. The maximum atomic E-state index is 12.4. The van der Waals surface area contributed by atoms with E-state index in [1.807, 2.05) is 0 Å². The van der Waals surface area contributed by atoms with E-state index in [4.69, 9.17) is 4.74 Å². The van der Waals surface area contributed by atoms with Crippen molar-refractivity contribution in [1.82, 2.24) is 5.32 Å². The fourth-order valence-electron chi connectivity index (χ4n) is 8.67. The van der Waals surface area contributed by atoms with Gasteiger partial charge in [-0.15, -0.1) is 0 Å². The highest BCUT2D eigenvalue weighted by Gasteiger charge is 2.20. The number of hydrogen-bond acceptors (Lipinski definition) is 5. The molecule has 63 heavy (non-hydrogen) atoms. The summed E-state index contributed by atoms with van der Waals surface area (Å²) in [4.78, 5) is 24.5. The minimum Gasteiger partial charge on any atom is -0.466 e. The second-order valence-corrected chi connectivity index (χ2v) is 19.3. The summed E-state index contributed by atoms with van der Waals surface area (Å²) in [6.07, 6.45) is 63.1. The van der Waals surface area contributed by atoms with E-state index in [-0.39, 0.29) is 18.5 Å². The Kier molecular flexibility index (Phi) is 51.6. The largest absolute Gasteiger partial charge is 0.466 e. The van der Waals surface area contributed by atoms with Gasteiger partial charge in [0.25, 0.3) is 0 Å². The number of aliphatic hydroxyl groups excluding tert-OH is 2. The molecule has 3 N–H and O–H groups in total. The van der Waals surface area contributed by atoms with Gasteiger partial charge in [0.1, 0.15) is 0 Å². The molecule has 0 bridgehead atoms. The molecule has 0 spiro atoms. The summed E-state index contributed by atoms with van der Waals surface area (Å²) in [5.41, 5.74) is 0. The zero-order valence-corrected chi connectivity index (χ0v) is 42.3. The number of unbranched alkanes of at least 4 members (excludes halogenated alkanes) is 37. The van der Waals surface area contributed by atoms with Gasteiger partial charge in [-0.05, 0) is 64.2 Å². The van der Waals surface area contributed by atoms with Crippen LogP contribution in [0.1, 0.15) is 303 Å². The second-order valence-electron chi connectivity index (χ2n) is 19.3. The zero-order chi connectivity index (χ0) is 45.8. The van der Waals surface area contributed by atoms with Crippen molar-refractivity contribution in [1.29, 1.82) is 0 Å². The minimum atomic E-state index is -0.673. The zero-order valence-electron chi connectivity index (χ0n) is 42.3. The van der Waals surface area contributed by atoms with Crippen molar-refractivity contribution in [3.05, 3.63) is 24.3 Å². The topological polar surface area (TPSA) is 95.9 Å². The number of hydrogen-bond donors (Lipinski definition) is 3. The Morgan fingerprint density at radius 1 is 0.444 bits per heavy atom. The number of amides is 1. The Morgan fingerprint density at radius 3 is 1.21 bits per heavy atom. The molecule has 0 heterocycles. The molecule has 1 amide bonds. The van der Waals surface area contributed by atoms with Gasteiger partial charge in [-0.25, -0.2) is 0 Å². The fourth-order valence-corrected chi connectivity index (χ4v) is 8.67. The first-order chi connectivity index (χ1) is 31.0. The van der Waals surface area contributed by atoms with Gasteiger partial charge >= 0.3 is 5.97 Å². The van der Waals surface area contributed by atoms with Crippen LogP contribution in [0.2, 0.25) is 0 Å². The van der Waals surface area contributed by atoms with E-state index < -0.39 is 12.1 Å². The maximum absolute atomic E-state index is 12.4. The lowest BCUT2D eigenvalue weighted by Gasteiger charge is -2.22. The van der Waals surface area contributed by atoms with Crippen LogP contribution in [-0.2, 0) is 14.3 Å². The van der Waals surface area contributed by atoms with Crippen molar-refractivity contribution >= 4 is 11.9 Å². The number of esters is 1. The van der Waals surface area contributed by atoms with Gasteiger partial charge in [-0.1, -0.05) is 250 Å². The molecule has 0 saturated heterocycles. The molecule has 6 nitrogen and oxygen atoms in total. The van der Waals surface area contributed by atoms with Crippen molar-refractivity contribution in [3.63, 3.8) is 0 Å². The van der Waals surface area contributed by atoms with E-state index in [0.29, 0.717) is 25.9 Å². The molecule has 372 valence electrons. The lowest BCUT2D eigenvalue weighted by Crippen LogP contribution is -2.45. The van der Waals surface area contributed by atoms with Crippen LogP contribution in [0.25, 0.3) is 0 Å². The minimum absolute atomic E-state index is 0.0120. The Balaban J connectivity index is 3.47. The van der Waals surface area contributed by atoms with Crippen molar-refractivity contribution < 1.29 is 24.5 Å². The number of aliphatic hydroxyl groups is 2. The second kappa shape index (κ2) is 53.0. The summed E-state index contributed by atoms with van der Waals surface area (Å²) in [6.45, 7) is 4.92. The van der Waals surface area contributed by atoms with Crippen LogP contribution in [0.3, 0.4) is 0 Å². The average molecular weight is 889 g/mol. The van der Waals surface area contributed by atoms with E-state index in [2.05, 4.69) is 43.5 Å². The van der Waals surface area contributed by atoms with Crippen molar-refractivity contribution in [3.8, 4) is 0 Å². The SMILES string of the molecule is CCCCCCCCCCCCCCCCCCC(=O)OCCCCC/C=C\C/C=C\CCCCCCCCCC(=O)NC(CO)C(O)CCCCCCCCCCCCCCC. The van der Waals surface area contributed by atoms with Crippen LogP contribution in [0.4, 0.5) is 0 Å². The Labute approximate surface area is 392 Å². The number of allylic oxidation sites excluding steroid dienone is 4. The molecule has 2 unspecified atom stereocenters. The molecule has 0 saturated carbocycles. The van der Waals surface area contributed by atoms with Crippen molar-refractivity contribution in [2.45, 2.75) is 315 Å². The highest BCUT2D eigenvalue weighted by Crippen LogP contribution is 2.17. The van der Waals surface area contributed by atoms with E-state index >= 15 is 0 Å². The molecule has 0 aromatic rings. The van der Waals surface area contributed by atoms with Crippen molar-refractivity contribution in [2.24, 2.45) is 0 Å². The maximum Gasteiger partial charge on any atom is 0.305 e. The third-order valence-corrected chi connectivity index (χ3v) is 13.0. The van der Waals surface area contributed by atoms with Gasteiger partial charge in [-0.3, -0.25) is 9.59 Å². The number of nitrogens with one attached hydrogen (secondary N) is 1. The predicted octanol–water partition coefficient (Wildman–Crippen LogP) is 17.1. The van der Waals surface area contributed by atoms with E-state index in [1.165, 1.54) is 186 Å². The van der Waals surface area contributed by atoms with Crippen LogP contribution in [-0.4, -0.2) is 47.4 Å². The molecule has 0 radical (unpaired) electrons. The third kappa shape index (κ3) is 49.6. The quantitative estimate of drug-likeness (QED) is 0.0321.